The number of pyridine rings is 1. The largest absolute Gasteiger partial charge is 0.461 e. The average Bonchev–Trinajstić information content (AvgIpc) is 3.17. The molecular formula is C20H18N4O. The molecule has 0 spiro atoms. The van der Waals surface area contributed by atoms with Crippen LogP contribution < -0.4 is 0 Å². The van der Waals surface area contributed by atoms with E-state index >= 15 is 0 Å². The first-order valence-corrected chi connectivity index (χ1v) is 8.15. The molecule has 0 saturated heterocycles. The molecule has 0 N–H and O–H groups in total. The van der Waals surface area contributed by atoms with Crippen molar-refractivity contribution in [1.82, 2.24) is 19.9 Å². The molecule has 0 aliphatic heterocycles. The quantitative estimate of drug-likeness (QED) is 0.555. The first-order valence-electron chi connectivity index (χ1n) is 8.15. The molecule has 0 saturated carbocycles. The molecule has 0 bridgehead atoms. The first-order chi connectivity index (χ1) is 12.3. The van der Waals surface area contributed by atoms with E-state index in [2.05, 4.69) is 45.1 Å². The summed E-state index contributed by atoms with van der Waals surface area (Å²) < 4.78 is 5.32. The Morgan fingerprint density at radius 1 is 0.920 bits per heavy atom. The van der Waals surface area contributed by atoms with Crippen molar-refractivity contribution < 1.29 is 4.42 Å². The van der Waals surface area contributed by atoms with E-state index in [1.807, 2.05) is 42.9 Å². The Morgan fingerprint density at radius 3 is 2.60 bits per heavy atom. The second-order valence-corrected chi connectivity index (χ2v) is 6.05. The molecule has 0 unspecified atom stereocenters. The van der Waals surface area contributed by atoms with Gasteiger partial charge in [0.15, 0.2) is 11.6 Å². The Morgan fingerprint density at radius 2 is 1.80 bits per heavy atom. The summed E-state index contributed by atoms with van der Waals surface area (Å²) in [5, 5.41) is 1.20. The summed E-state index contributed by atoms with van der Waals surface area (Å²) in [7, 11) is 2.09. The maximum absolute atomic E-state index is 5.32. The minimum absolute atomic E-state index is 0.608. The third-order valence-corrected chi connectivity index (χ3v) is 4.08. The fourth-order valence-electron chi connectivity index (χ4n) is 2.93. The maximum Gasteiger partial charge on any atom is 0.195 e. The Labute approximate surface area is 146 Å². The van der Waals surface area contributed by atoms with E-state index in [4.69, 9.17) is 4.42 Å². The number of nitrogens with zero attached hydrogens (tertiary/aromatic N) is 4. The van der Waals surface area contributed by atoms with Gasteiger partial charge >= 0.3 is 0 Å². The van der Waals surface area contributed by atoms with Crippen LogP contribution >= 0.6 is 0 Å². The molecule has 25 heavy (non-hydrogen) atoms. The Kier molecular flexibility index (Phi) is 4.23. The van der Waals surface area contributed by atoms with Crippen LogP contribution in [0.4, 0.5) is 0 Å². The van der Waals surface area contributed by atoms with Crippen molar-refractivity contribution in [2.75, 3.05) is 7.05 Å². The molecule has 5 nitrogen and oxygen atoms in total. The summed E-state index contributed by atoms with van der Waals surface area (Å²) >= 11 is 0. The van der Waals surface area contributed by atoms with Crippen LogP contribution in [0, 0.1) is 0 Å². The molecule has 3 aromatic heterocycles. The van der Waals surface area contributed by atoms with Crippen LogP contribution in [0.3, 0.4) is 0 Å². The predicted octanol–water partition coefficient (Wildman–Crippen LogP) is 3.92. The van der Waals surface area contributed by atoms with Gasteiger partial charge in [-0.1, -0.05) is 18.2 Å². The Bertz CT molecular complexity index is 959. The van der Waals surface area contributed by atoms with Crippen molar-refractivity contribution >= 4 is 10.9 Å². The SMILES string of the molecule is CN(Cc1cnc(-c2ccco2)nc1)Cc1cccc2ncccc12. The maximum atomic E-state index is 5.32. The second-order valence-electron chi connectivity index (χ2n) is 6.05. The van der Waals surface area contributed by atoms with Gasteiger partial charge < -0.3 is 4.42 Å². The summed E-state index contributed by atoms with van der Waals surface area (Å²) in [6.45, 7) is 1.61. The van der Waals surface area contributed by atoms with Gasteiger partial charge in [0.25, 0.3) is 0 Å². The lowest BCUT2D eigenvalue weighted by Crippen LogP contribution is -2.17. The van der Waals surface area contributed by atoms with Crippen LogP contribution in [0.5, 0.6) is 0 Å². The number of hydrogen-bond donors (Lipinski definition) is 0. The monoisotopic (exact) mass is 330 g/mol. The Balaban J connectivity index is 1.47. The topological polar surface area (TPSA) is 55.1 Å². The van der Waals surface area contributed by atoms with Crippen molar-refractivity contribution in [2.45, 2.75) is 13.1 Å². The van der Waals surface area contributed by atoms with Gasteiger partial charge in [0, 0.05) is 42.6 Å². The van der Waals surface area contributed by atoms with Crippen molar-refractivity contribution in [3.8, 4) is 11.6 Å². The van der Waals surface area contributed by atoms with Gasteiger partial charge in [-0.25, -0.2) is 9.97 Å². The number of aromatic nitrogens is 3. The molecule has 3 heterocycles. The predicted molar refractivity (Wildman–Crippen MR) is 96.6 cm³/mol. The van der Waals surface area contributed by atoms with Crippen LogP contribution in [0.2, 0.25) is 0 Å². The molecule has 1 aromatic carbocycles. The van der Waals surface area contributed by atoms with Gasteiger partial charge in [0.1, 0.15) is 0 Å². The number of furan rings is 1. The molecule has 124 valence electrons. The van der Waals surface area contributed by atoms with E-state index in [0.29, 0.717) is 11.6 Å². The lowest BCUT2D eigenvalue weighted by Gasteiger charge is -2.17. The lowest BCUT2D eigenvalue weighted by molar-refractivity contribution is 0.319. The van der Waals surface area contributed by atoms with Gasteiger partial charge in [0.05, 0.1) is 11.8 Å². The zero-order valence-electron chi connectivity index (χ0n) is 14.0. The van der Waals surface area contributed by atoms with Crippen LogP contribution in [-0.4, -0.2) is 26.9 Å². The van der Waals surface area contributed by atoms with Crippen LogP contribution in [-0.2, 0) is 13.1 Å². The minimum Gasteiger partial charge on any atom is -0.461 e. The third-order valence-electron chi connectivity index (χ3n) is 4.08. The molecule has 0 amide bonds. The van der Waals surface area contributed by atoms with Gasteiger partial charge in [-0.05, 0) is 36.9 Å². The Hall–Kier alpha value is -3.05. The highest BCUT2D eigenvalue weighted by atomic mass is 16.3. The molecule has 0 aliphatic rings. The fraction of sp³-hybridized carbons (Fsp3) is 0.150. The highest BCUT2D eigenvalue weighted by molar-refractivity contribution is 5.81. The summed E-state index contributed by atoms with van der Waals surface area (Å²) in [6, 6.07) is 14.0. The van der Waals surface area contributed by atoms with Crippen molar-refractivity contribution in [3.05, 3.63) is 78.4 Å². The number of hydrogen-bond acceptors (Lipinski definition) is 5. The summed E-state index contributed by atoms with van der Waals surface area (Å²) in [5.41, 5.74) is 3.36. The van der Waals surface area contributed by atoms with Crippen LogP contribution in [0.1, 0.15) is 11.1 Å². The van der Waals surface area contributed by atoms with E-state index in [1.165, 1.54) is 10.9 Å². The minimum atomic E-state index is 0.608. The molecule has 0 aliphatic carbocycles. The van der Waals surface area contributed by atoms with Crippen LogP contribution in [0.15, 0.2) is 71.7 Å². The summed E-state index contributed by atoms with van der Waals surface area (Å²) in [6.07, 6.45) is 7.16. The standard InChI is InChI=1S/C20H18N4O/c1-24(14-16-5-2-7-18-17(16)6-3-9-21-18)13-15-11-22-20(23-12-15)19-8-4-10-25-19/h2-12H,13-14H2,1H3. The van der Waals surface area contributed by atoms with E-state index < -0.39 is 0 Å². The van der Waals surface area contributed by atoms with E-state index in [-0.39, 0.29) is 0 Å². The van der Waals surface area contributed by atoms with Gasteiger partial charge in [-0.15, -0.1) is 0 Å². The number of fused-ring (bicyclic) bond motifs is 1. The normalized spacial score (nSPS) is 11.3. The zero-order valence-corrected chi connectivity index (χ0v) is 14.0. The molecule has 5 heteroatoms. The molecule has 0 radical (unpaired) electrons. The summed E-state index contributed by atoms with van der Waals surface area (Å²) in [5.74, 6) is 1.29. The van der Waals surface area contributed by atoms with E-state index in [1.54, 1.807) is 6.26 Å². The highest BCUT2D eigenvalue weighted by Gasteiger charge is 2.08. The number of benzene rings is 1. The van der Waals surface area contributed by atoms with E-state index in [9.17, 15) is 0 Å². The van der Waals surface area contributed by atoms with Gasteiger partial charge in [0.2, 0.25) is 0 Å². The fourth-order valence-corrected chi connectivity index (χ4v) is 2.93. The smallest absolute Gasteiger partial charge is 0.195 e. The molecule has 4 aromatic rings. The van der Waals surface area contributed by atoms with Crippen molar-refractivity contribution in [2.24, 2.45) is 0 Å². The lowest BCUT2D eigenvalue weighted by atomic mass is 10.1. The van der Waals surface area contributed by atoms with E-state index in [0.717, 1.165) is 24.2 Å². The first kappa shape index (κ1) is 15.5. The molecule has 0 fully saturated rings. The van der Waals surface area contributed by atoms with Crippen LogP contribution in [0.25, 0.3) is 22.5 Å². The molecule has 4 rings (SSSR count). The highest BCUT2D eigenvalue weighted by Crippen LogP contribution is 2.19. The van der Waals surface area contributed by atoms with Gasteiger partial charge in [-0.3, -0.25) is 9.88 Å². The van der Waals surface area contributed by atoms with Crippen molar-refractivity contribution in [1.29, 1.82) is 0 Å². The molecular weight excluding hydrogens is 312 g/mol. The summed E-state index contributed by atoms with van der Waals surface area (Å²) in [4.78, 5) is 15.4. The third kappa shape index (κ3) is 3.41. The van der Waals surface area contributed by atoms with Crippen molar-refractivity contribution in [3.63, 3.8) is 0 Å². The van der Waals surface area contributed by atoms with Gasteiger partial charge in [-0.2, -0.15) is 0 Å². The average molecular weight is 330 g/mol. The second kappa shape index (κ2) is 6.83. The molecule has 0 atom stereocenters. The number of rotatable bonds is 5. The zero-order chi connectivity index (χ0) is 17.1.